The number of carbonyl (C=O) groups is 1. The Morgan fingerprint density at radius 1 is 1.46 bits per heavy atom. The molecule has 4 nitrogen and oxygen atoms in total. The molecule has 0 saturated carbocycles. The fraction of sp³-hybridized carbons (Fsp3) is 0.250. The van der Waals surface area contributed by atoms with Crippen molar-refractivity contribution in [3.8, 4) is 0 Å². The maximum Gasteiger partial charge on any atom is 0.303 e. The molecule has 1 aromatic heterocycles. The van der Waals surface area contributed by atoms with E-state index in [2.05, 4.69) is 4.98 Å². The molecule has 0 amide bonds. The second kappa shape index (κ2) is 5.53. The van der Waals surface area contributed by atoms with E-state index in [1.54, 1.807) is 6.07 Å². The van der Waals surface area contributed by atoms with Crippen LogP contribution in [0.25, 0.3) is 0 Å². The van der Waals surface area contributed by atoms with Gasteiger partial charge in [-0.1, -0.05) is 6.07 Å². The first-order chi connectivity index (χ1) is 5.68. The first-order valence-corrected chi connectivity index (χ1v) is 3.58. The maximum atomic E-state index is 10.6. The van der Waals surface area contributed by atoms with Crippen molar-refractivity contribution in [2.75, 3.05) is 0 Å². The van der Waals surface area contributed by atoms with Crippen molar-refractivity contribution in [1.29, 1.82) is 0 Å². The zero-order valence-corrected chi connectivity index (χ0v) is 8.53. The van der Waals surface area contributed by atoms with Gasteiger partial charge in [0.15, 0.2) is 0 Å². The van der Waals surface area contributed by atoms with Gasteiger partial charge < -0.3 is 10.1 Å². The van der Waals surface area contributed by atoms with Crippen molar-refractivity contribution in [2.24, 2.45) is 0 Å². The molecule has 1 rings (SSSR count). The summed E-state index contributed by atoms with van der Waals surface area (Å²) in [6.45, 7) is 0. The SMILES string of the molecule is Br.O=C(O)CCc1ccc(=O)[nH]c1. The number of nitrogens with one attached hydrogen (secondary N) is 1. The molecule has 0 spiro atoms. The van der Waals surface area contributed by atoms with Crippen molar-refractivity contribution < 1.29 is 9.90 Å². The van der Waals surface area contributed by atoms with Crippen LogP contribution in [0, 0.1) is 0 Å². The van der Waals surface area contributed by atoms with E-state index in [0.717, 1.165) is 5.56 Å². The molecule has 0 aromatic carbocycles. The summed E-state index contributed by atoms with van der Waals surface area (Å²) in [5, 5.41) is 8.36. The van der Waals surface area contributed by atoms with Gasteiger partial charge in [-0.25, -0.2) is 0 Å². The number of aromatic nitrogens is 1. The third-order valence-electron chi connectivity index (χ3n) is 1.48. The average Bonchev–Trinajstić information content (AvgIpc) is 2.03. The molecule has 72 valence electrons. The van der Waals surface area contributed by atoms with Crippen LogP contribution in [0.1, 0.15) is 12.0 Å². The molecule has 1 heterocycles. The predicted molar refractivity (Wildman–Crippen MR) is 53.3 cm³/mol. The number of H-pyrrole nitrogens is 1. The van der Waals surface area contributed by atoms with Crippen molar-refractivity contribution in [3.63, 3.8) is 0 Å². The third-order valence-corrected chi connectivity index (χ3v) is 1.48. The molecular formula is C8H10BrNO3. The second-order valence-corrected chi connectivity index (χ2v) is 2.45. The number of carboxylic acids is 1. The van der Waals surface area contributed by atoms with E-state index in [1.807, 2.05) is 0 Å². The minimum Gasteiger partial charge on any atom is -0.481 e. The van der Waals surface area contributed by atoms with Gasteiger partial charge in [0.05, 0.1) is 0 Å². The Morgan fingerprint density at radius 2 is 2.15 bits per heavy atom. The number of aliphatic carboxylic acids is 1. The Bertz CT molecular complexity index is 314. The largest absolute Gasteiger partial charge is 0.481 e. The average molecular weight is 248 g/mol. The van der Waals surface area contributed by atoms with E-state index >= 15 is 0 Å². The van der Waals surface area contributed by atoms with Crippen LogP contribution in [0.2, 0.25) is 0 Å². The summed E-state index contributed by atoms with van der Waals surface area (Å²) in [6.07, 6.45) is 2.07. The first kappa shape index (κ1) is 11.9. The number of aryl methyl sites for hydroxylation is 1. The zero-order valence-electron chi connectivity index (χ0n) is 6.82. The molecule has 0 radical (unpaired) electrons. The van der Waals surface area contributed by atoms with Gasteiger partial charge in [0.1, 0.15) is 0 Å². The first-order valence-electron chi connectivity index (χ1n) is 3.58. The number of aromatic amines is 1. The molecule has 0 aliphatic heterocycles. The van der Waals surface area contributed by atoms with Gasteiger partial charge in [-0.3, -0.25) is 9.59 Å². The van der Waals surface area contributed by atoms with Gasteiger partial charge in [-0.2, -0.15) is 0 Å². The van der Waals surface area contributed by atoms with Crippen LogP contribution in [0.4, 0.5) is 0 Å². The van der Waals surface area contributed by atoms with Gasteiger partial charge in [0, 0.05) is 18.7 Å². The monoisotopic (exact) mass is 247 g/mol. The highest BCUT2D eigenvalue weighted by atomic mass is 79.9. The smallest absolute Gasteiger partial charge is 0.303 e. The predicted octanol–water partition coefficient (Wildman–Crippen LogP) is 0.970. The Kier molecular flexibility index (Phi) is 5.06. The summed E-state index contributed by atoms with van der Waals surface area (Å²) < 4.78 is 0. The normalized spacial score (nSPS) is 8.92. The number of halogens is 1. The molecule has 0 aliphatic rings. The Balaban J connectivity index is 0.00000144. The number of hydrogen-bond acceptors (Lipinski definition) is 2. The number of rotatable bonds is 3. The summed E-state index contributed by atoms with van der Waals surface area (Å²) in [5.74, 6) is -0.832. The topological polar surface area (TPSA) is 70.2 Å². The molecule has 0 saturated heterocycles. The number of pyridine rings is 1. The van der Waals surface area contributed by atoms with Crippen LogP contribution >= 0.6 is 17.0 Å². The molecule has 1 aromatic rings. The molecule has 0 fully saturated rings. The van der Waals surface area contributed by atoms with Crippen LogP contribution in [0.15, 0.2) is 23.1 Å². The van der Waals surface area contributed by atoms with Crippen LogP contribution in [0.5, 0.6) is 0 Å². The number of hydrogen-bond donors (Lipinski definition) is 2. The Hall–Kier alpha value is -1.10. The van der Waals surface area contributed by atoms with Crippen LogP contribution in [-0.4, -0.2) is 16.1 Å². The molecular weight excluding hydrogens is 238 g/mol. The standard InChI is InChI=1S/C8H9NO3.BrH/c10-7-3-1-6(5-9-7)2-4-8(11)12;/h1,3,5H,2,4H2,(H,9,10)(H,11,12);1H. The molecule has 0 unspecified atom stereocenters. The summed E-state index contributed by atoms with van der Waals surface area (Å²) in [6, 6.07) is 3.01. The molecule has 2 N–H and O–H groups in total. The summed E-state index contributed by atoms with van der Waals surface area (Å²) in [5.41, 5.74) is 0.658. The highest BCUT2D eigenvalue weighted by Gasteiger charge is 1.97. The summed E-state index contributed by atoms with van der Waals surface area (Å²) >= 11 is 0. The second-order valence-electron chi connectivity index (χ2n) is 2.45. The van der Waals surface area contributed by atoms with Crippen molar-refractivity contribution in [2.45, 2.75) is 12.8 Å². The quantitative estimate of drug-likeness (QED) is 0.837. The highest BCUT2D eigenvalue weighted by molar-refractivity contribution is 8.93. The van der Waals surface area contributed by atoms with Crippen LogP contribution in [0.3, 0.4) is 0 Å². The van der Waals surface area contributed by atoms with E-state index in [4.69, 9.17) is 5.11 Å². The molecule has 5 heteroatoms. The Labute approximate surface area is 85.4 Å². The lowest BCUT2D eigenvalue weighted by molar-refractivity contribution is -0.136. The van der Waals surface area contributed by atoms with E-state index < -0.39 is 5.97 Å². The molecule has 0 aliphatic carbocycles. The van der Waals surface area contributed by atoms with E-state index in [9.17, 15) is 9.59 Å². The molecule has 13 heavy (non-hydrogen) atoms. The van der Waals surface area contributed by atoms with E-state index in [0.29, 0.717) is 6.42 Å². The van der Waals surface area contributed by atoms with Crippen molar-refractivity contribution in [1.82, 2.24) is 4.98 Å². The fourth-order valence-electron chi connectivity index (χ4n) is 0.850. The van der Waals surface area contributed by atoms with Gasteiger partial charge in [-0.15, -0.1) is 17.0 Å². The fourth-order valence-corrected chi connectivity index (χ4v) is 0.850. The lowest BCUT2D eigenvalue weighted by atomic mass is 10.2. The van der Waals surface area contributed by atoms with Gasteiger partial charge >= 0.3 is 5.97 Å². The van der Waals surface area contributed by atoms with Gasteiger partial charge in [0.25, 0.3) is 0 Å². The van der Waals surface area contributed by atoms with Gasteiger partial charge in [-0.05, 0) is 12.0 Å². The lowest BCUT2D eigenvalue weighted by Crippen LogP contribution is -2.04. The van der Waals surface area contributed by atoms with Crippen LogP contribution in [-0.2, 0) is 11.2 Å². The lowest BCUT2D eigenvalue weighted by Gasteiger charge is -1.95. The van der Waals surface area contributed by atoms with E-state index in [-0.39, 0.29) is 29.0 Å². The summed E-state index contributed by atoms with van der Waals surface area (Å²) in [7, 11) is 0. The third kappa shape index (κ3) is 4.47. The molecule has 0 bridgehead atoms. The zero-order chi connectivity index (χ0) is 8.97. The minimum atomic E-state index is -0.832. The number of carboxylic acid groups (broad SMARTS) is 1. The van der Waals surface area contributed by atoms with Crippen LogP contribution < -0.4 is 5.56 Å². The van der Waals surface area contributed by atoms with E-state index in [1.165, 1.54) is 12.3 Å². The maximum absolute atomic E-state index is 10.6. The highest BCUT2D eigenvalue weighted by Crippen LogP contribution is 1.97. The van der Waals surface area contributed by atoms with Crippen molar-refractivity contribution in [3.05, 3.63) is 34.2 Å². The van der Waals surface area contributed by atoms with Gasteiger partial charge in [0.2, 0.25) is 5.56 Å². The summed E-state index contributed by atoms with van der Waals surface area (Å²) in [4.78, 5) is 23.2. The minimum absolute atomic E-state index is 0. The molecule has 0 atom stereocenters. The van der Waals surface area contributed by atoms with Crippen molar-refractivity contribution >= 4 is 23.0 Å². The Morgan fingerprint density at radius 3 is 2.62 bits per heavy atom.